The third-order valence-electron chi connectivity index (χ3n) is 0.464. The van der Waals surface area contributed by atoms with E-state index in [1.807, 2.05) is 0 Å². The standard InChI is InChI=1S/C5H5O4.Mo/c1-3(6)5(8)9-4(2)7;/h1H2,2H3;/q-1;. The minimum absolute atomic E-state index is 0. The quantitative estimate of drug-likeness (QED) is 0.198. The van der Waals surface area contributed by atoms with Gasteiger partial charge >= 0.3 is 0 Å². The van der Waals surface area contributed by atoms with E-state index >= 15 is 0 Å². The Kier molecular flexibility index (Phi) is 6.26. The molecular formula is C5H5MoO4-. The van der Waals surface area contributed by atoms with E-state index in [4.69, 9.17) is 0 Å². The van der Waals surface area contributed by atoms with E-state index in [0.29, 0.717) is 0 Å². The first kappa shape index (κ1) is 12.1. The van der Waals surface area contributed by atoms with Gasteiger partial charge in [-0.1, -0.05) is 0 Å². The monoisotopic (exact) mass is 227 g/mol. The van der Waals surface area contributed by atoms with Gasteiger partial charge in [0.15, 0.2) is 0 Å². The van der Waals surface area contributed by atoms with Crippen molar-refractivity contribution in [1.29, 1.82) is 0 Å². The molecule has 0 aromatic heterocycles. The van der Waals surface area contributed by atoms with E-state index < -0.39 is 17.7 Å². The number of ketones is 1. The molecule has 0 amide bonds. The number of esters is 2. The summed E-state index contributed by atoms with van der Waals surface area (Å²) >= 11 is 0. The van der Waals surface area contributed by atoms with Crippen LogP contribution in [-0.2, 0) is 40.2 Å². The topological polar surface area (TPSA) is 60.4 Å². The number of carbonyl (C=O) groups is 3. The van der Waals surface area contributed by atoms with E-state index in [9.17, 15) is 14.4 Å². The zero-order valence-electron chi connectivity index (χ0n) is 5.25. The maximum Gasteiger partial charge on any atom is 0.293 e. The fourth-order valence-electron chi connectivity index (χ4n) is 0.187. The summed E-state index contributed by atoms with van der Waals surface area (Å²) in [7, 11) is 0. The predicted octanol–water partition coefficient (Wildman–Crippen LogP) is -0.523. The number of rotatable bonds is 1. The minimum atomic E-state index is -1.22. The number of hydrogen-bond acceptors (Lipinski definition) is 4. The summed E-state index contributed by atoms with van der Waals surface area (Å²) in [4.78, 5) is 30.0. The summed E-state index contributed by atoms with van der Waals surface area (Å²) in [6.45, 7) is 3.75. The van der Waals surface area contributed by atoms with Crippen LogP contribution >= 0.6 is 0 Å². The largest absolute Gasteiger partial charge is 0.481 e. The number of Topliss-reactive ketones (excluding diaryl/α,β-unsaturated/α-hetero) is 1. The second kappa shape index (κ2) is 5.18. The van der Waals surface area contributed by atoms with Crippen molar-refractivity contribution >= 4 is 17.7 Å². The Hall–Kier alpha value is -0.632. The maximum absolute atomic E-state index is 10.1. The summed E-state index contributed by atoms with van der Waals surface area (Å²) in [5, 5.41) is 0. The normalized spacial score (nSPS) is 7.30. The van der Waals surface area contributed by atoms with Gasteiger partial charge in [-0.15, -0.1) is 0 Å². The molecule has 0 aromatic carbocycles. The van der Waals surface area contributed by atoms with Crippen LogP contribution in [0.3, 0.4) is 0 Å². The molecular weight excluding hydrogens is 220 g/mol. The van der Waals surface area contributed by atoms with Crippen LogP contribution < -0.4 is 0 Å². The van der Waals surface area contributed by atoms with Crippen molar-refractivity contribution in [2.75, 3.05) is 0 Å². The second-order valence-electron chi connectivity index (χ2n) is 1.30. The van der Waals surface area contributed by atoms with Gasteiger partial charge in [0.05, 0.1) is 5.78 Å². The number of hydrogen-bond donors (Lipinski definition) is 0. The van der Waals surface area contributed by atoms with Gasteiger partial charge in [-0.3, -0.25) is 4.79 Å². The van der Waals surface area contributed by atoms with Crippen molar-refractivity contribution in [1.82, 2.24) is 0 Å². The third-order valence-corrected chi connectivity index (χ3v) is 0.464. The van der Waals surface area contributed by atoms with Crippen molar-refractivity contribution < 1.29 is 40.2 Å². The van der Waals surface area contributed by atoms with E-state index in [-0.39, 0.29) is 21.1 Å². The first-order valence-corrected chi connectivity index (χ1v) is 2.12. The Morgan fingerprint density at radius 3 is 1.80 bits per heavy atom. The molecule has 0 aliphatic rings. The van der Waals surface area contributed by atoms with Crippen molar-refractivity contribution in [3.63, 3.8) is 0 Å². The first-order valence-electron chi connectivity index (χ1n) is 2.12. The van der Waals surface area contributed by atoms with Crippen molar-refractivity contribution in [3.05, 3.63) is 6.92 Å². The molecule has 0 rings (SSSR count). The summed E-state index contributed by atoms with van der Waals surface area (Å²) in [5.74, 6) is -3.05. The molecule has 10 heavy (non-hydrogen) atoms. The molecule has 0 saturated heterocycles. The van der Waals surface area contributed by atoms with E-state index in [1.54, 1.807) is 0 Å². The summed E-state index contributed by atoms with van der Waals surface area (Å²) in [6, 6.07) is 0. The Balaban J connectivity index is 0. The van der Waals surface area contributed by atoms with E-state index in [1.165, 1.54) is 0 Å². The zero-order valence-corrected chi connectivity index (χ0v) is 7.26. The van der Waals surface area contributed by atoms with Gasteiger partial charge in [-0.2, -0.15) is 6.92 Å². The molecule has 0 N–H and O–H groups in total. The van der Waals surface area contributed by atoms with Gasteiger partial charge in [0.1, 0.15) is 0 Å². The molecule has 0 bridgehead atoms. The first-order chi connectivity index (χ1) is 4.04. The van der Waals surface area contributed by atoms with Crippen LogP contribution in [0.2, 0.25) is 0 Å². The summed E-state index contributed by atoms with van der Waals surface area (Å²) in [5.41, 5.74) is 0. The molecule has 0 unspecified atom stereocenters. The summed E-state index contributed by atoms with van der Waals surface area (Å²) in [6.07, 6.45) is 0. The Bertz CT molecular complexity index is 163. The molecule has 0 heterocycles. The third kappa shape index (κ3) is 5.50. The van der Waals surface area contributed by atoms with Crippen LogP contribution in [0.15, 0.2) is 0 Å². The average molecular weight is 225 g/mol. The van der Waals surface area contributed by atoms with Crippen molar-refractivity contribution in [2.24, 2.45) is 0 Å². The fourth-order valence-corrected chi connectivity index (χ4v) is 0.187. The Morgan fingerprint density at radius 2 is 1.70 bits per heavy atom. The zero-order chi connectivity index (χ0) is 7.44. The molecule has 0 radical (unpaired) electrons. The Morgan fingerprint density at radius 1 is 1.30 bits per heavy atom. The van der Waals surface area contributed by atoms with Gasteiger partial charge in [-0.05, 0) is 0 Å². The molecule has 0 saturated carbocycles. The smallest absolute Gasteiger partial charge is 0.293 e. The molecule has 0 aliphatic heterocycles. The predicted molar refractivity (Wildman–Crippen MR) is 27.1 cm³/mol. The van der Waals surface area contributed by atoms with Crippen LogP contribution in [0.1, 0.15) is 6.92 Å². The van der Waals surface area contributed by atoms with Crippen LogP contribution in [0.5, 0.6) is 0 Å². The van der Waals surface area contributed by atoms with Crippen LogP contribution in [0.4, 0.5) is 0 Å². The second-order valence-corrected chi connectivity index (χ2v) is 1.30. The minimum Gasteiger partial charge on any atom is -0.481 e. The van der Waals surface area contributed by atoms with Gasteiger partial charge in [0, 0.05) is 28.0 Å². The fraction of sp³-hybridized carbons (Fsp3) is 0.200. The Labute approximate surface area is 72.2 Å². The molecule has 4 nitrogen and oxygen atoms in total. The van der Waals surface area contributed by atoms with E-state index in [0.717, 1.165) is 6.92 Å². The van der Waals surface area contributed by atoms with Crippen LogP contribution in [0, 0.1) is 6.92 Å². The number of carbonyl (C=O) groups excluding carboxylic acids is 3. The summed E-state index contributed by atoms with van der Waals surface area (Å²) < 4.78 is 3.82. The maximum atomic E-state index is 10.1. The van der Waals surface area contributed by atoms with Crippen molar-refractivity contribution in [2.45, 2.75) is 6.92 Å². The molecule has 0 spiro atoms. The molecule has 0 aliphatic carbocycles. The van der Waals surface area contributed by atoms with Gasteiger partial charge in [0.25, 0.3) is 5.97 Å². The number of ether oxygens (including phenoxy) is 1. The van der Waals surface area contributed by atoms with Gasteiger partial charge in [0.2, 0.25) is 5.97 Å². The molecule has 0 atom stereocenters. The molecule has 0 aromatic rings. The van der Waals surface area contributed by atoms with Gasteiger partial charge < -0.3 is 14.3 Å². The molecule has 0 fully saturated rings. The van der Waals surface area contributed by atoms with Gasteiger partial charge in [-0.25, -0.2) is 0 Å². The van der Waals surface area contributed by atoms with Crippen LogP contribution in [-0.4, -0.2) is 17.7 Å². The average Bonchev–Trinajstić information content (AvgIpc) is 1.63. The van der Waals surface area contributed by atoms with Crippen LogP contribution in [0.25, 0.3) is 0 Å². The molecule has 5 heteroatoms. The van der Waals surface area contributed by atoms with Crippen molar-refractivity contribution in [3.8, 4) is 0 Å². The molecule has 56 valence electrons. The van der Waals surface area contributed by atoms with E-state index in [2.05, 4.69) is 11.7 Å². The SMILES string of the molecule is [CH2-]C(=O)C(=O)OC(C)=O.[Mo].